The maximum Gasteiger partial charge on any atom is 0.412 e. The van der Waals surface area contributed by atoms with Crippen LogP contribution in [0, 0.1) is 0 Å². The summed E-state index contributed by atoms with van der Waals surface area (Å²) in [6.45, 7) is -0.191. The molecule has 1 unspecified atom stereocenters. The molecule has 0 aromatic heterocycles. The molecule has 1 aromatic carbocycles. The van der Waals surface area contributed by atoms with Crippen molar-refractivity contribution in [3.8, 4) is 0 Å². The molecule has 0 aliphatic carbocycles. The molecule has 1 amide bonds. The van der Waals surface area contributed by atoms with Crippen molar-refractivity contribution in [3.63, 3.8) is 0 Å². The van der Waals surface area contributed by atoms with Crippen LogP contribution >= 0.6 is 0 Å². The number of rotatable bonds is 3. The Bertz CT molecular complexity index is 456. The Hall–Kier alpha value is -1.76. The third-order valence-electron chi connectivity index (χ3n) is 3.25. The highest BCUT2D eigenvalue weighted by atomic mass is 19.4. The van der Waals surface area contributed by atoms with Gasteiger partial charge in [0.25, 0.3) is 0 Å². The predicted molar refractivity (Wildman–Crippen MR) is 66.0 cm³/mol. The van der Waals surface area contributed by atoms with Crippen molar-refractivity contribution >= 4 is 6.09 Å². The monoisotopic (exact) mass is 288 g/mol. The summed E-state index contributed by atoms with van der Waals surface area (Å²) in [5, 5.41) is 4.56. The molecule has 7 heteroatoms. The first kappa shape index (κ1) is 14.6. The molecule has 0 bridgehead atoms. The molecule has 1 aliphatic heterocycles. The van der Waals surface area contributed by atoms with Crippen molar-refractivity contribution in [2.24, 2.45) is 0 Å². The van der Waals surface area contributed by atoms with E-state index < -0.39 is 17.8 Å². The maximum atomic E-state index is 13.0. The lowest BCUT2D eigenvalue weighted by molar-refractivity contribution is -0.188. The zero-order valence-electron chi connectivity index (χ0n) is 10.7. The van der Waals surface area contributed by atoms with Gasteiger partial charge in [-0.3, -0.25) is 0 Å². The Balaban J connectivity index is 1.93. The molecule has 1 aromatic rings. The summed E-state index contributed by atoms with van der Waals surface area (Å²) in [4.78, 5) is 11.6. The summed E-state index contributed by atoms with van der Waals surface area (Å²) in [5.74, 6) is 0. The molecular formula is C13H15F3N2O2. The van der Waals surface area contributed by atoms with Crippen LogP contribution in [0.4, 0.5) is 18.0 Å². The second-order valence-electron chi connectivity index (χ2n) is 4.69. The van der Waals surface area contributed by atoms with Crippen molar-refractivity contribution in [1.29, 1.82) is 0 Å². The van der Waals surface area contributed by atoms with Crippen LogP contribution in [0.3, 0.4) is 0 Å². The summed E-state index contributed by atoms with van der Waals surface area (Å²) >= 11 is 0. The van der Waals surface area contributed by atoms with Gasteiger partial charge in [-0.1, -0.05) is 30.3 Å². The van der Waals surface area contributed by atoms with Crippen molar-refractivity contribution in [3.05, 3.63) is 35.9 Å². The average molecular weight is 288 g/mol. The fourth-order valence-corrected chi connectivity index (χ4v) is 2.07. The third-order valence-corrected chi connectivity index (χ3v) is 3.25. The zero-order chi connectivity index (χ0) is 14.6. The minimum Gasteiger partial charge on any atom is -0.445 e. The van der Waals surface area contributed by atoms with Crippen LogP contribution in [-0.2, 0) is 11.3 Å². The smallest absolute Gasteiger partial charge is 0.412 e. The number of carbonyl (C=O) groups excluding carboxylic acids is 1. The molecule has 0 radical (unpaired) electrons. The van der Waals surface area contributed by atoms with Crippen LogP contribution in [0.5, 0.6) is 0 Å². The van der Waals surface area contributed by atoms with E-state index in [4.69, 9.17) is 4.74 Å². The molecule has 0 saturated carbocycles. The molecule has 4 nitrogen and oxygen atoms in total. The first-order chi connectivity index (χ1) is 9.43. The van der Waals surface area contributed by atoms with Crippen LogP contribution in [0.2, 0.25) is 0 Å². The molecule has 0 spiro atoms. The number of alkyl carbamates (subject to hydrolysis) is 1. The summed E-state index contributed by atoms with van der Waals surface area (Å²) < 4.78 is 43.9. The number of amides is 1. The lowest BCUT2D eigenvalue weighted by atomic mass is 9.98. The van der Waals surface area contributed by atoms with Crippen LogP contribution in [-0.4, -0.2) is 30.9 Å². The molecule has 1 aliphatic rings. The maximum absolute atomic E-state index is 13.0. The van der Waals surface area contributed by atoms with Gasteiger partial charge in [-0.2, -0.15) is 13.2 Å². The van der Waals surface area contributed by atoms with Crippen molar-refractivity contribution in [2.45, 2.75) is 24.7 Å². The van der Waals surface area contributed by atoms with Gasteiger partial charge in [0.2, 0.25) is 0 Å². The molecule has 110 valence electrons. The lowest BCUT2D eigenvalue weighted by Crippen LogP contribution is -2.60. The van der Waals surface area contributed by atoms with E-state index in [-0.39, 0.29) is 26.1 Å². The molecule has 2 N–H and O–H groups in total. The van der Waals surface area contributed by atoms with Gasteiger partial charge in [-0.15, -0.1) is 0 Å². The largest absolute Gasteiger partial charge is 0.445 e. The second kappa shape index (κ2) is 5.70. The number of hydrogen-bond donors (Lipinski definition) is 2. The normalized spacial score (nSPS) is 22.6. The highest BCUT2D eigenvalue weighted by molar-refractivity contribution is 5.68. The minimum absolute atomic E-state index is 0.0615. The fourth-order valence-electron chi connectivity index (χ4n) is 2.07. The highest BCUT2D eigenvalue weighted by Crippen LogP contribution is 2.35. The fraction of sp³-hybridized carbons (Fsp3) is 0.462. The summed E-state index contributed by atoms with van der Waals surface area (Å²) in [7, 11) is 0. The molecule has 2 rings (SSSR count). The molecular weight excluding hydrogens is 273 g/mol. The van der Waals surface area contributed by atoms with Crippen LogP contribution < -0.4 is 10.6 Å². The van der Waals surface area contributed by atoms with E-state index in [2.05, 4.69) is 5.32 Å². The number of halogens is 3. The standard InChI is InChI=1S/C13H15F3N2O2/c14-13(15,16)12(6-7-17-9-12)18-11(19)20-8-10-4-2-1-3-5-10/h1-5,17H,6-9H2,(H,18,19). The van der Waals surface area contributed by atoms with Gasteiger partial charge in [0.15, 0.2) is 5.54 Å². The second-order valence-corrected chi connectivity index (χ2v) is 4.69. The number of benzene rings is 1. The lowest BCUT2D eigenvalue weighted by Gasteiger charge is -2.31. The Morgan fingerprint density at radius 3 is 2.60 bits per heavy atom. The van der Waals surface area contributed by atoms with E-state index in [9.17, 15) is 18.0 Å². The molecule has 1 heterocycles. The summed E-state index contributed by atoms with van der Waals surface area (Å²) in [5.41, 5.74) is -1.52. The minimum atomic E-state index is -4.51. The van der Waals surface area contributed by atoms with Gasteiger partial charge in [0.05, 0.1) is 0 Å². The van der Waals surface area contributed by atoms with Crippen molar-refractivity contribution in [2.75, 3.05) is 13.1 Å². The molecule has 1 saturated heterocycles. The number of ether oxygens (including phenoxy) is 1. The topological polar surface area (TPSA) is 50.4 Å². The van der Waals surface area contributed by atoms with Gasteiger partial charge in [0.1, 0.15) is 6.61 Å². The quantitative estimate of drug-likeness (QED) is 0.896. The van der Waals surface area contributed by atoms with Gasteiger partial charge in [-0.05, 0) is 18.5 Å². The Labute approximate surface area is 114 Å². The van der Waals surface area contributed by atoms with Crippen LogP contribution in [0.15, 0.2) is 30.3 Å². The Kier molecular flexibility index (Phi) is 4.17. The van der Waals surface area contributed by atoms with Crippen LogP contribution in [0.25, 0.3) is 0 Å². The zero-order valence-corrected chi connectivity index (χ0v) is 10.7. The molecule has 1 atom stereocenters. The van der Waals surface area contributed by atoms with E-state index in [0.717, 1.165) is 0 Å². The van der Waals surface area contributed by atoms with Gasteiger partial charge in [0, 0.05) is 6.54 Å². The van der Waals surface area contributed by atoms with Crippen LogP contribution in [0.1, 0.15) is 12.0 Å². The van der Waals surface area contributed by atoms with E-state index in [1.807, 2.05) is 5.32 Å². The number of carbonyl (C=O) groups is 1. The highest BCUT2D eigenvalue weighted by Gasteiger charge is 2.57. The first-order valence-electron chi connectivity index (χ1n) is 6.19. The van der Waals surface area contributed by atoms with E-state index >= 15 is 0 Å². The average Bonchev–Trinajstić information content (AvgIpc) is 2.87. The third kappa shape index (κ3) is 3.22. The van der Waals surface area contributed by atoms with Gasteiger partial charge in [-0.25, -0.2) is 4.79 Å². The summed E-state index contributed by atoms with van der Waals surface area (Å²) in [6, 6.07) is 8.77. The van der Waals surface area contributed by atoms with Gasteiger partial charge >= 0.3 is 12.3 Å². The van der Waals surface area contributed by atoms with E-state index in [1.165, 1.54) is 0 Å². The SMILES string of the molecule is O=C(NC1(C(F)(F)F)CCNC1)OCc1ccccc1. The Morgan fingerprint density at radius 2 is 2.05 bits per heavy atom. The molecule has 1 fully saturated rings. The first-order valence-corrected chi connectivity index (χ1v) is 6.19. The van der Waals surface area contributed by atoms with E-state index in [0.29, 0.717) is 5.56 Å². The number of alkyl halides is 3. The summed E-state index contributed by atoms with van der Waals surface area (Å²) in [6.07, 6.45) is -5.77. The van der Waals surface area contributed by atoms with Gasteiger partial charge < -0.3 is 15.4 Å². The number of nitrogens with one attached hydrogen (secondary N) is 2. The predicted octanol–water partition coefficient (Wildman–Crippen LogP) is 2.21. The molecule has 20 heavy (non-hydrogen) atoms. The van der Waals surface area contributed by atoms with Crippen molar-refractivity contribution < 1.29 is 22.7 Å². The van der Waals surface area contributed by atoms with E-state index in [1.54, 1.807) is 30.3 Å². The number of hydrogen-bond acceptors (Lipinski definition) is 3. The van der Waals surface area contributed by atoms with Crippen molar-refractivity contribution in [1.82, 2.24) is 10.6 Å². The Morgan fingerprint density at radius 1 is 1.35 bits per heavy atom.